The Morgan fingerprint density at radius 2 is 2.00 bits per heavy atom. The molecular formula is C6H11O2. The maximum Gasteiger partial charge on any atom is 0.165 e. The van der Waals surface area contributed by atoms with Crippen LogP contribution in [-0.2, 0) is 0 Å². The van der Waals surface area contributed by atoms with E-state index in [1.807, 2.05) is 0 Å². The Hall–Kier alpha value is -0.0800. The second-order valence-corrected chi connectivity index (χ2v) is 2.33. The molecule has 0 aromatic carbocycles. The first kappa shape index (κ1) is 6.05. The molecule has 0 atom stereocenters. The van der Waals surface area contributed by atoms with Gasteiger partial charge in [0.05, 0.1) is 0 Å². The predicted molar refractivity (Wildman–Crippen MR) is 29.9 cm³/mol. The largest absolute Gasteiger partial charge is 0.365 e. The van der Waals surface area contributed by atoms with E-state index in [0.29, 0.717) is 6.42 Å². The molecule has 0 aromatic heterocycles. The van der Waals surface area contributed by atoms with Crippen molar-refractivity contribution in [1.82, 2.24) is 0 Å². The van der Waals surface area contributed by atoms with Crippen molar-refractivity contribution in [3.63, 3.8) is 0 Å². The van der Waals surface area contributed by atoms with Gasteiger partial charge >= 0.3 is 0 Å². The van der Waals surface area contributed by atoms with Crippen molar-refractivity contribution in [2.45, 2.75) is 31.5 Å². The lowest BCUT2D eigenvalue weighted by Gasteiger charge is -2.25. The van der Waals surface area contributed by atoms with Crippen molar-refractivity contribution in [3.05, 3.63) is 6.42 Å². The molecule has 1 saturated carbocycles. The fraction of sp³-hybridized carbons (Fsp3) is 0.833. The zero-order valence-corrected chi connectivity index (χ0v) is 4.80. The van der Waals surface area contributed by atoms with Crippen molar-refractivity contribution in [2.24, 2.45) is 0 Å². The van der Waals surface area contributed by atoms with Crippen LogP contribution in [0.25, 0.3) is 0 Å². The van der Waals surface area contributed by atoms with Crippen LogP contribution < -0.4 is 0 Å². The van der Waals surface area contributed by atoms with Crippen LogP contribution in [0.3, 0.4) is 0 Å². The molecule has 1 fully saturated rings. The van der Waals surface area contributed by atoms with Crippen LogP contribution in [0, 0.1) is 6.42 Å². The Balaban J connectivity index is 2.33. The first-order valence-electron chi connectivity index (χ1n) is 3.00. The molecule has 2 nitrogen and oxygen atoms in total. The molecule has 1 rings (SSSR count). The van der Waals surface area contributed by atoms with E-state index in [1.165, 1.54) is 0 Å². The molecule has 1 aliphatic carbocycles. The van der Waals surface area contributed by atoms with E-state index in [9.17, 15) is 0 Å². The van der Waals surface area contributed by atoms with E-state index < -0.39 is 5.79 Å². The van der Waals surface area contributed by atoms with Crippen LogP contribution in [0.4, 0.5) is 0 Å². The molecular weight excluding hydrogens is 104 g/mol. The molecule has 8 heavy (non-hydrogen) atoms. The smallest absolute Gasteiger partial charge is 0.165 e. The van der Waals surface area contributed by atoms with Crippen LogP contribution in [0.5, 0.6) is 0 Å². The second kappa shape index (κ2) is 2.03. The predicted octanol–water partition coefficient (Wildman–Crippen LogP) is 0.446. The van der Waals surface area contributed by atoms with Crippen LogP contribution in [0.1, 0.15) is 25.7 Å². The lowest BCUT2D eigenvalue weighted by molar-refractivity contribution is -0.146. The maximum atomic E-state index is 8.87. The van der Waals surface area contributed by atoms with E-state index >= 15 is 0 Å². The van der Waals surface area contributed by atoms with Crippen molar-refractivity contribution in [2.75, 3.05) is 0 Å². The number of hydrogen-bond acceptors (Lipinski definition) is 2. The highest BCUT2D eigenvalue weighted by Gasteiger charge is 2.25. The van der Waals surface area contributed by atoms with Gasteiger partial charge < -0.3 is 10.2 Å². The third-order valence-electron chi connectivity index (χ3n) is 1.47. The van der Waals surface area contributed by atoms with Gasteiger partial charge in [0.25, 0.3) is 0 Å². The molecule has 2 N–H and O–H groups in total. The standard InChI is InChI=1S/C6H11O2/c7-6(8)4-2-1-3-5-6/h4,7-8H,1-3,5H2. The first-order chi connectivity index (χ1) is 3.71. The number of aliphatic hydroxyl groups is 2. The Morgan fingerprint density at radius 3 is 2.25 bits per heavy atom. The van der Waals surface area contributed by atoms with Crippen molar-refractivity contribution in [3.8, 4) is 0 Å². The van der Waals surface area contributed by atoms with E-state index in [4.69, 9.17) is 10.2 Å². The SMILES string of the molecule is OC1(O)[CH]CCCC1. The molecule has 1 aliphatic rings. The normalized spacial score (nSPS) is 27.8. The summed E-state index contributed by atoms with van der Waals surface area (Å²) in [5, 5.41) is 17.7. The highest BCUT2D eigenvalue weighted by Crippen LogP contribution is 2.23. The van der Waals surface area contributed by atoms with Crippen LogP contribution in [0.15, 0.2) is 0 Å². The average molecular weight is 115 g/mol. The molecule has 2 heteroatoms. The van der Waals surface area contributed by atoms with E-state index in [0.717, 1.165) is 19.3 Å². The fourth-order valence-electron chi connectivity index (χ4n) is 0.965. The molecule has 0 bridgehead atoms. The molecule has 1 radical (unpaired) electrons. The van der Waals surface area contributed by atoms with Gasteiger partial charge in [0, 0.05) is 12.8 Å². The number of rotatable bonds is 0. The van der Waals surface area contributed by atoms with Crippen molar-refractivity contribution >= 4 is 0 Å². The summed E-state index contributed by atoms with van der Waals surface area (Å²) in [5.41, 5.74) is 0. The zero-order chi connectivity index (χ0) is 6.04. The highest BCUT2D eigenvalue weighted by atomic mass is 16.5. The van der Waals surface area contributed by atoms with E-state index in [2.05, 4.69) is 0 Å². The van der Waals surface area contributed by atoms with E-state index in [-0.39, 0.29) is 0 Å². The molecule has 0 unspecified atom stereocenters. The third-order valence-corrected chi connectivity index (χ3v) is 1.47. The summed E-state index contributed by atoms with van der Waals surface area (Å²) in [6.45, 7) is 0. The second-order valence-electron chi connectivity index (χ2n) is 2.33. The van der Waals surface area contributed by atoms with Gasteiger partial charge in [-0.25, -0.2) is 0 Å². The first-order valence-corrected chi connectivity index (χ1v) is 3.00. The van der Waals surface area contributed by atoms with Gasteiger partial charge in [0.2, 0.25) is 0 Å². The van der Waals surface area contributed by atoms with Gasteiger partial charge in [-0.15, -0.1) is 0 Å². The van der Waals surface area contributed by atoms with Crippen LogP contribution in [0.2, 0.25) is 0 Å². The quantitative estimate of drug-likeness (QED) is 0.450. The van der Waals surface area contributed by atoms with Crippen LogP contribution >= 0.6 is 0 Å². The summed E-state index contributed by atoms with van der Waals surface area (Å²) in [7, 11) is 0. The molecule has 47 valence electrons. The van der Waals surface area contributed by atoms with Gasteiger partial charge in [-0.3, -0.25) is 0 Å². The Kier molecular flexibility index (Phi) is 1.54. The molecule has 0 heterocycles. The van der Waals surface area contributed by atoms with Gasteiger partial charge in [-0.05, 0) is 12.8 Å². The summed E-state index contributed by atoms with van der Waals surface area (Å²) in [6, 6.07) is 0. The Morgan fingerprint density at radius 1 is 1.25 bits per heavy atom. The highest BCUT2D eigenvalue weighted by molar-refractivity contribution is 4.86. The van der Waals surface area contributed by atoms with Gasteiger partial charge in [-0.1, -0.05) is 6.42 Å². The zero-order valence-electron chi connectivity index (χ0n) is 4.80. The minimum absolute atomic E-state index is 0.507. The Labute approximate surface area is 49.1 Å². The van der Waals surface area contributed by atoms with Crippen LogP contribution in [-0.4, -0.2) is 16.0 Å². The van der Waals surface area contributed by atoms with Crippen molar-refractivity contribution < 1.29 is 10.2 Å². The van der Waals surface area contributed by atoms with Gasteiger partial charge in [0.15, 0.2) is 5.79 Å². The van der Waals surface area contributed by atoms with Gasteiger partial charge in [0.1, 0.15) is 0 Å². The lowest BCUT2D eigenvalue weighted by Crippen LogP contribution is -2.30. The number of hydrogen-bond donors (Lipinski definition) is 2. The molecule has 0 aromatic rings. The summed E-state index contributed by atoms with van der Waals surface area (Å²) in [4.78, 5) is 0. The summed E-state index contributed by atoms with van der Waals surface area (Å²) >= 11 is 0. The molecule has 0 amide bonds. The average Bonchev–Trinajstić information content (AvgIpc) is 1.65. The lowest BCUT2D eigenvalue weighted by atomic mass is 9.95. The third kappa shape index (κ3) is 1.46. The topological polar surface area (TPSA) is 40.5 Å². The minimum Gasteiger partial charge on any atom is -0.365 e. The van der Waals surface area contributed by atoms with Gasteiger partial charge in [-0.2, -0.15) is 0 Å². The molecule has 0 aliphatic heterocycles. The maximum absolute atomic E-state index is 8.87. The molecule has 0 spiro atoms. The van der Waals surface area contributed by atoms with Crippen molar-refractivity contribution in [1.29, 1.82) is 0 Å². The summed E-state index contributed by atoms with van der Waals surface area (Å²) < 4.78 is 0. The monoisotopic (exact) mass is 115 g/mol. The molecule has 0 saturated heterocycles. The van der Waals surface area contributed by atoms with E-state index in [1.54, 1.807) is 6.42 Å². The fourth-order valence-corrected chi connectivity index (χ4v) is 0.965. The summed E-state index contributed by atoms with van der Waals surface area (Å²) in [6.07, 6.45) is 4.95. The summed E-state index contributed by atoms with van der Waals surface area (Å²) in [5.74, 6) is -1.45. The minimum atomic E-state index is -1.45. The Bertz CT molecular complexity index is 70.6.